The molecule has 4 heteroatoms. The van der Waals surface area contributed by atoms with Crippen molar-refractivity contribution < 1.29 is 14.9 Å². The third-order valence-corrected chi connectivity index (χ3v) is 2.74. The van der Waals surface area contributed by atoms with E-state index in [4.69, 9.17) is 9.84 Å². The van der Waals surface area contributed by atoms with E-state index < -0.39 is 6.10 Å². The lowest BCUT2D eigenvalue weighted by molar-refractivity contribution is -0.0610. The summed E-state index contributed by atoms with van der Waals surface area (Å²) in [6.07, 6.45) is 0.169. The van der Waals surface area contributed by atoms with Crippen LogP contribution in [0.4, 0.5) is 0 Å². The number of hydrogen-bond donors (Lipinski definition) is 2. The smallest absolute Gasteiger partial charge is 0.0953 e. The molecule has 0 spiro atoms. The Labute approximate surface area is 92.9 Å². The van der Waals surface area contributed by atoms with Gasteiger partial charge in [-0.1, -0.05) is 6.92 Å². The molecule has 2 N–H and O–H groups in total. The van der Waals surface area contributed by atoms with Gasteiger partial charge in [0.15, 0.2) is 0 Å². The number of ether oxygens (including phenoxy) is 1. The summed E-state index contributed by atoms with van der Waals surface area (Å²) in [4.78, 5) is 1.97. The monoisotopic (exact) mass is 219 g/mol. The van der Waals surface area contributed by atoms with Gasteiger partial charge in [-0.05, 0) is 27.3 Å². The number of hydrogen-bond acceptors (Lipinski definition) is 4. The summed E-state index contributed by atoms with van der Waals surface area (Å²) in [5.74, 6) is 0. The quantitative estimate of drug-likeness (QED) is 0.623. The number of aliphatic hydroxyl groups is 2. The lowest BCUT2D eigenvalue weighted by Gasteiger charge is -2.33. The van der Waals surface area contributed by atoms with E-state index in [-0.39, 0.29) is 18.8 Å². The van der Waals surface area contributed by atoms with E-state index in [0.717, 1.165) is 6.42 Å². The van der Waals surface area contributed by atoms with E-state index in [0.29, 0.717) is 13.2 Å². The molecule has 0 fully saturated rings. The van der Waals surface area contributed by atoms with Gasteiger partial charge in [0.05, 0.1) is 18.8 Å². The first-order chi connectivity index (χ1) is 7.08. The lowest BCUT2D eigenvalue weighted by Crippen LogP contribution is -2.47. The standard InChI is InChI=1S/C11H25NO3/c1-5-10(12(4)7-8-13)11(14)9(3)15-6-2/h9-11,13-14H,5-8H2,1-4H3/t9-,10?,11?/m0/s1. The molecule has 15 heavy (non-hydrogen) atoms. The van der Waals surface area contributed by atoms with Crippen molar-refractivity contribution >= 4 is 0 Å². The van der Waals surface area contributed by atoms with Gasteiger partial charge in [-0.2, -0.15) is 0 Å². The topological polar surface area (TPSA) is 52.9 Å². The highest BCUT2D eigenvalue weighted by atomic mass is 16.5. The van der Waals surface area contributed by atoms with E-state index in [1.54, 1.807) is 0 Å². The molecule has 0 radical (unpaired) electrons. The molecule has 0 aliphatic carbocycles. The molecule has 0 aromatic heterocycles. The van der Waals surface area contributed by atoms with Gasteiger partial charge in [-0.15, -0.1) is 0 Å². The Hall–Kier alpha value is -0.160. The summed E-state index contributed by atoms with van der Waals surface area (Å²) in [5, 5.41) is 18.9. The van der Waals surface area contributed by atoms with Crippen molar-refractivity contribution in [3.63, 3.8) is 0 Å². The third kappa shape index (κ3) is 4.93. The van der Waals surface area contributed by atoms with Crippen LogP contribution in [0.5, 0.6) is 0 Å². The average molecular weight is 219 g/mol. The molecule has 2 unspecified atom stereocenters. The molecule has 0 amide bonds. The van der Waals surface area contributed by atoms with E-state index >= 15 is 0 Å². The molecule has 0 heterocycles. The van der Waals surface area contributed by atoms with E-state index in [2.05, 4.69) is 0 Å². The van der Waals surface area contributed by atoms with Crippen LogP contribution in [0.15, 0.2) is 0 Å². The average Bonchev–Trinajstić information content (AvgIpc) is 2.19. The van der Waals surface area contributed by atoms with Crippen molar-refractivity contribution in [1.82, 2.24) is 4.90 Å². The maximum atomic E-state index is 10.1. The van der Waals surface area contributed by atoms with Crippen LogP contribution in [0.2, 0.25) is 0 Å². The van der Waals surface area contributed by atoms with E-state index in [9.17, 15) is 5.11 Å². The van der Waals surface area contributed by atoms with Crippen LogP contribution in [0.25, 0.3) is 0 Å². The van der Waals surface area contributed by atoms with Crippen molar-refractivity contribution in [2.45, 2.75) is 45.4 Å². The Kier molecular flexibility index (Phi) is 7.96. The molecule has 0 aliphatic rings. The number of nitrogens with zero attached hydrogens (tertiary/aromatic N) is 1. The number of aliphatic hydroxyl groups excluding tert-OH is 2. The molecule has 0 saturated heterocycles. The van der Waals surface area contributed by atoms with Crippen LogP contribution in [-0.4, -0.2) is 60.2 Å². The zero-order chi connectivity index (χ0) is 11.8. The van der Waals surface area contributed by atoms with Crippen molar-refractivity contribution in [2.24, 2.45) is 0 Å². The van der Waals surface area contributed by atoms with Crippen molar-refractivity contribution in [3.05, 3.63) is 0 Å². The zero-order valence-electron chi connectivity index (χ0n) is 10.3. The molecule has 0 bridgehead atoms. The fourth-order valence-corrected chi connectivity index (χ4v) is 1.81. The minimum Gasteiger partial charge on any atom is -0.395 e. The first-order valence-electron chi connectivity index (χ1n) is 5.69. The fraction of sp³-hybridized carbons (Fsp3) is 1.00. The third-order valence-electron chi connectivity index (χ3n) is 2.74. The highest BCUT2D eigenvalue weighted by molar-refractivity contribution is 4.80. The largest absolute Gasteiger partial charge is 0.395 e. The van der Waals surface area contributed by atoms with E-state index in [1.165, 1.54) is 0 Å². The predicted molar refractivity (Wildman–Crippen MR) is 60.9 cm³/mol. The zero-order valence-corrected chi connectivity index (χ0v) is 10.3. The van der Waals surface area contributed by atoms with Crippen molar-refractivity contribution in [1.29, 1.82) is 0 Å². The summed E-state index contributed by atoms with van der Waals surface area (Å²) < 4.78 is 5.38. The highest BCUT2D eigenvalue weighted by Gasteiger charge is 2.26. The molecule has 0 aliphatic heterocycles. The van der Waals surface area contributed by atoms with Crippen LogP contribution in [-0.2, 0) is 4.74 Å². The Morgan fingerprint density at radius 1 is 1.33 bits per heavy atom. The molecule has 92 valence electrons. The molecule has 0 saturated carbocycles. The second-order valence-corrected chi connectivity index (χ2v) is 3.83. The van der Waals surface area contributed by atoms with Crippen LogP contribution in [0.1, 0.15) is 27.2 Å². The Morgan fingerprint density at radius 3 is 2.33 bits per heavy atom. The summed E-state index contributed by atoms with van der Waals surface area (Å²) in [6.45, 7) is 7.13. The first-order valence-corrected chi connectivity index (χ1v) is 5.69. The summed E-state index contributed by atoms with van der Waals surface area (Å²) in [5.41, 5.74) is 0. The number of likely N-dealkylation sites (N-methyl/N-ethyl adjacent to an activating group) is 1. The van der Waals surface area contributed by atoms with Crippen LogP contribution in [0.3, 0.4) is 0 Å². The van der Waals surface area contributed by atoms with Crippen LogP contribution < -0.4 is 0 Å². The maximum Gasteiger partial charge on any atom is 0.0953 e. The van der Waals surface area contributed by atoms with Gasteiger partial charge in [-0.25, -0.2) is 0 Å². The number of rotatable bonds is 8. The van der Waals surface area contributed by atoms with Gasteiger partial charge in [0.25, 0.3) is 0 Å². The molecule has 0 aromatic carbocycles. The van der Waals surface area contributed by atoms with Gasteiger partial charge in [0.1, 0.15) is 0 Å². The van der Waals surface area contributed by atoms with Gasteiger partial charge in [0, 0.05) is 19.2 Å². The SMILES string of the molecule is CCO[C@@H](C)C(O)C(CC)N(C)CCO. The fourth-order valence-electron chi connectivity index (χ4n) is 1.81. The molecule has 3 atom stereocenters. The van der Waals surface area contributed by atoms with Crippen LogP contribution >= 0.6 is 0 Å². The second-order valence-electron chi connectivity index (χ2n) is 3.83. The molecule has 4 nitrogen and oxygen atoms in total. The van der Waals surface area contributed by atoms with E-state index in [1.807, 2.05) is 32.7 Å². The van der Waals surface area contributed by atoms with Gasteiger partial charge < -0.3 is 14.9 Å². The van der Waals surface area contributed by atoms with Gasteiger partial charge in [0.2, 0.25) is 0 Å². The summed E-state index contributed by atoms with van der Waals surface area (Å²) in [7, 11) is 1.91. The van der Waals surface area contributed by atoms with Gasteiger partial charge >= 0.3 is 0 Å². The molecule has 0 rings (SSSR count). The molecule has 0 aromatic rings. The van der Waals surface area contributed by atoms with Crippen molar-refractivity contribution in [3.8, 4) is 0 Å². The highest BCUT2D eigenvalue weighted by Crippen LogP contribution is 2.12. The van der Waals surface area contributed by atoms with Crippen molar-refractivity contribution in [2.75, 3.05) is 26.8 Å². The minimum absolute atomic E-state index is 0.0405. The lowest BCUT2D eigenvalue weighted by atomic mass is 10.0. The Balaban J connectivity index is 4.24. The molecular weight excluding hydrogens is 194 g/mol. The predicted octanol–water partition coefficient (Wildman–Crippen LogP) is 0.475. The first kappa shape index (κ1) is 14.8. The van der Waals surface area contributed by atoms with Crippen LogP contribution in [0, 0.1) is 0 Å². The minimum atomic E-state index is -0.508. The second kappa shape index (κ2) is 8.05. The Bertz CT molecular complexity index is 155. The normalized spacial score (nSPS) is 17.8. The molecular formula is C11H25NO3. The van der Waals surface area contributed by atoms with Gasteiger partial charge in [-0.3, -0.25) is 4.90 Å². The summed E-state index contributed by atoms with van der Waals surface area (Å²) in [6, 6.07) is 0.0405. The maximum absolute atomic E-state index is 10.1. The summed E-state index contributed by atoms with van der Waals surface area (Å²) >= 11 is 0. The Morgan fingerprint density at radius 2 is 1.93 bits per heavy atom.